The molecule has 0 bridgehead atoms. The molecule has 0 aliphatic carbocycles. The van der Waals surface area contributed by atoms with E-state index in [-0.39, 0.29) is 36.4 Å². The fraction of sp³-hybridized carbons (Fsp3) is 0.222. The van der Waals surface area contributed by atoms with E-state index in [1.807, 2.05) is 4.72 Å². The predicted molar refractivity (Wildman–Crippen MR) is 148 cm³/mol. The Labute approximate surface area is 244 Å². The van der Waals surface area contributed by atoms with Crippen molar-refractivity contribution in [2.24, 2.45) is 0 Å². The van der Waals surface area contributed by atoms with Crippen LogP contribution < -0.4 is 20.1 Å². The number of thiol groups is 1. The zero-order chi connectivity index (χ0) is 29.8. The molecule has 1 fully saturated rings. The van der Waals surface area contributed by atoms with Crippen molar-refractivity contribution in [1.29, 1.82) is 0 Å². The minimum absolute atomic E-state index is 0.154. The van der Waals surface area contributed by atoms with E-state index in [4.69, 9.17) is 16.3 Å². The number of ether oxygens (including phenoxy) is 1. The van der Waals surface area contributed by atoms with Crippen LogP contribution in [0.1, 0.15) is 23.6 Å². The molecule has 0 spiro atoms. The number of pyridine rings is 1. The molecule has 1 unspecified atom stereocenters. The smallest absolute Gasteiger partial charge is 0.228 e. The van der Waals surface area contributed by atoms with E-state index >= 15 is 8.78 Å². The van der Waals surface area contributed by atoms with Gasteiger partial charge in [0.15, 0.2) is 11.6 Å². The van der Waals surface area contributed by atoms with E-state index in [1.165, 1.54) is 30.6 Å². The summed E-state index contributed by atoms with van der Waals surface area (Å²) >= 11 is 6.31. The first-order valence-corrected chi connectivity index (χ1v) is 14.2. The number of rotatable bonds is 9. The van der Waals surface area contributed by atoms with Gasteiger partial charge in [-0.15, -0.1) is 0 Å². The van der Waals surface area contributed by atoms with Crippen LogP contribution in [-0.2, 0) is 10.9 Å². The number of halogens is 5. The summed E-state index contributed by atoms with van der Waals surface area (Å²) in [6.45, 7) is 0.798. The summed E-state index contributed by atoms with van der Waals surface area (Å²) in [6, 6.07) is 8.78. The number of nitrogens with zero attached hydrogens (tertiary/aromatic N) is 3. The summed E-state index contributed by atoms with van der Waals surface area (Å²) < 4.78 is 89.8. The lowest BCUT2D eigenvalue weighted by Gasteiger charge is -2.26. The SMILES string of the molecule is O=[SH](=O)NC(c1ccccc1F)c1c(Cl)cc(Oc2ncccc2-c2ccnc(N[C@@H]3CNC[C@@H](F)C3)n2)c(F)c1F. The Morgan fingerprint density at radius 2 is 1.83 bits per heavy atom. The number of benzene rings is 2. The van der Waals surface area contributed by atoms with E-state index in [1.54, 1.807) is 18.2 Å². The van der Waals surface area contributed by atoms with E-state index in [9.17, 15) is 17.2 Å². The highest BCUT2D eigenvalue weighted by atomic mass is 35.5. The Bertz CT molecular complexity index is 1670. The van der Waals surface area contributed by atoms with Crippen LogP contribution in [0.5, 0.6) is 11.6 Å². The van der Waals surface area contributed by atoms with Crippen molar-refractivity contribution < 1.29 is 30.7 Å². The maximum Gasteiger partial charge on any atom is 0.228 e. The molecule has 2 aromatic heterocycles. The normalized spacial score (nSPS) is 17.7. The third-order valence-electron chi connectivity index (χ3n) is 6.44. The van der Waals surface area contributed by atoms with Gasteiger partial charge in [-0.1, -0.05) is 29.8 Å². The van der Waals surface area contributed by atoms with Crippen molar-refractivity contribution in [3.63, 3.8) is 0 Å². The molecule has 5 rings (SSSR count). The number of aromatic nitrogens is 3. The molecule has 9 nitrogen and oxygen atoms in total. The van der Waals surface area contributed by atoms with Crippen LogP contribution in [0, 0.1) is 17.5 Å². The standard InChI is InChI=1S/C27H23ClF4N6O3S/c28-18-11-21(23(31)24(32)22(18)25(38-42(39)40)16-4-1-2-6-19(16)30)41-26-17(5-3-8-34-26)20-7-9-35-27(37-20)36-15-10-14(29)12-33-13-15/h1-9,11,14-15,25,33,42H,10,12-13H2,(H,35,36,37)(H,38,39,40)/t14-,15-,25?/m0/s1. The quantitative estimate of drug-likeness (QED) is 0.120. The monoisotopic (exact) mass is 622 g/mol. The minimum Gasteiger partial charge on any atom is -0.435 e. The van der Waals surface area contributed by atoms with Crippen molar-refractivity contribution in [2.75, 3.05) is 18.4 Å². The van der Waals surface area contributed by atoms with Gasteiger partial charge in [0.1, 0.15) is 12.0 Å². The lowest BCUT2D eigenvalue weighted by molar-refractivity contribution is 0.254. The van der Waals surface area contributed by atoms with Crippen LogP contribution in [0.3, 0.4) is 0 Å². The van der Waals surface area contributed by atoms with Crippen LogP contribution in [0.2, 0.25) is 5.02 Å². The third kappa shape index (κ3) is 6.62. The highest BCUT2D eigenvalue weighted by Crippen LogP contribution is 2.39. The molecule has 3 atom stereocenters. The zero-order valence-electron chi connectivity index (χ0n) is 21.5. The minimum atomic E-state index is -3.37. The Hall–Kier alpha value is -3.85. The van der Waals surface area contributed by atoms with Gasteiger partial charge < -0.3 is 15.4 Å². The number of piperidine rings is 1. The molecule has 3 N–H and O–H groups in total. The van der Waals surface area contributed by atoms with Gasteiger partial charge in [0.25, 0.3) is 0 Å². The molecule has 0 amide bonds. The van der Waals surface area contributed by atoms with E-state index in [0.717, 1.165) is 12.1 Å². The van der Waals surface area contributed by atoms with Gasteiger partial charge in [0, 0.05) is 55.1 Å². The van der Waals surface area contributed by atoms with E-state index in [0.29, 0.717) is 17.8 Å². The van der Waals surface area contributed by atoms with Gasteiger partial charge in [-0.2, -0.15) is 4.39 Å². The number of hydrogen-bond acceptors (Lipinski definition) is 8. The second kappa shape index (κ2) is 13.0. The summed E-state index contributed by atoms with van der Waals surface area (Å²) in [5, 5.41) is 5.62. The van der Waals surface area contributed by atoms with Crippen LogP contribution in [0.15, 0.2) is 60.9 Å². The van der Waals surface area contributed by atoms with Crippen LogP contribution in [-0.4, -0.2) is 48.7 Å². The van der Waals surface area contributed by atoms with Crippen molar-refractivity contribution in [3.8, 4) is 22.9 Å². The highest BCUT2D eigenvalue weighted by Gasteiger charge is 2.29. The van der Waals surface area contributed by atoms with Gasteiger partial charge in [0.2, 0.25) is 28.5 Å². The average Bonchev–Trinajstić information content (AvgIpc) is 2.96. The second-order valence-electron chi connectivity index (χ2n) is 9.30. The molecule has 3 heterocycles. The van der Waals surface area contributed by atoms with Crippen LogP contribution in [0.25, 0.3) is 11.3 Å². The maximum absolute atomic E-state index is 15.5. The summed E-state index contributed by atoms with van der Waals surface area (Å²) in [7, 11) is -3.37. The molecule has 1 aliphatic heterocycles. The molecular weight excluding hydrogens is 600 g/mol. The summed E-state index contributed by atoms with van der Waals surface area (Å²) in [5.74, 6) is -4.51. The first-order valence-electron chi connectivity index (χ1n) is 12.6. The molecule has 2 aromatic carbocycles. The van der Waals surface area contributed by atoms with Crippen LogP contribution in [0.4, 0.5) is 23.5 Å². The molecular formula is C27H23ClF4N6O3S. The molecule has 15 heteroatoms. The first kappa shape index (κ1) is 29.6. The van der Waals surface area contributed by atoms with Crippen molar-refractivity contribution in [3.05, 3.63) is 94.5 Å². The summed E-state index contributed by atoms with van der Waals surface area (Å²) in [4.78, 5) is 12.7. The van der Waals surface area contributed by atoms with Gasteiger partial charge in [-0.25, -0.2) is 41.3 Å². The third-order valence-corrected chi connectivity index (χ3v) is 7.22. The molecule has 42 heavy (non-hydrogen) atoms. The molecule has 0 saturated carbocycles. The molecule has 4 aromatic rings. The zero-order valence-corrected chi connectivity index (χ0v) is 23.2. The lowest BCUT2D eigenvalue weighted by atomic mass is 9.98. The van der Waals surface area contributed by atoms with E-state index in [2.05, 4.69) is 25.6 Å². The van der Waals surface area contributed by atoms with Crippen molar-refractivity contribution in [2.45, 2.75) is 24.7 Å². The molecule has 0 radical (unpaired) electrons. The van der Waals surface area contributed by atoms with Gasteiger partial charge in [-0.05, 0) is 24.3 Å². The number of nitrogens with one attached hydrogen (secondary N) is 3. The number of anilines is 1. The molecule has 220 valence electrons. The van der Waals surface area contributed by atoms with Gasteiger partial charge >= 0.3 is 0 Å². The molecule has 1 saturated heterocycles. The number of alkyl halides is 1. The Balaban J connectivity index is 1.47. The van der Waals surface area contributed by atoms with Gasteiger partial charge in [0.05, 0.1) is 22.3 Å². The van der Waals surface area contributed by atoms with Crippen molar-refractivity contribution >= 4 is 28.4 Å². The Morgan fingerprint density at radius 1 is 1.02 bits per heavy atom. The summed E-state index contributed by atoms with van der Waals surface area (Å²) in [5.41, 5.74) is -0.284. The van der Waals surface area contributed by atoms with Crippen LogP contribution >= 0.6 is 11.6 Å². The second-order valence-corrected chi connectivity index (χ2v) is 10.5. The number of hydrogen-bond donors (Lipinski definition) is 4. The fourth-order valence-corrected chi connectivity index (χ4v) is 5.33. The Kier molecular flexibility index (Phi) is 9.16. The first-order chi connectivity index (χ1) is 20.2. The average molecular weight is 623 g/mol. The fourth-order valence-electron chi connectivity index (χ4n) is 4.56. The maximum atomic E-state index is 15.5. The van der Waals surface area contributed by atoms with E-state index < -0.39 is 56.9 Å². The van der Waals surface area contributed by atoms with Crippen molar-refractivity contribution in [1.82, 2.24) is 25.0 Å². The molecule has 1 aliphatic rings. The summed E-state index contributed by atoms with van der Waals surface area (Å²) in [6.07, 6.45) is 2.10. The lowest BCUT2D eigenvalue weighted by Crippen LogP contribution is -2.44. The highest BCUT2D eigenvalue weighted by molar-refractivity contribution is 7.70. The predicted octanol–water partition coefficient (Wildman–Crippen LogP) is 4.72. The van der Waals surface area contributed by atoms with Gasteiger partial charge in [-0.3, -0.25) is 0 Å². The topological polar surface area (TPSA) is 118 Å². The largest absolute Gasteiger partial charge is 0.435 e. The Morgan fingerprint density at radius 3 is 2.60 bits per heavy atom.